The Morgan fingerprint density at radius 2 is 2.29 bits per heavy atom. The van der Waals surface area contributed by atoms with E-state index < -0.39 is 12.0 Å². The molecule has 1 aromatic rings. The third kappa shape index (κ3) is 2.41. The van der Waals surface area contributed by atoms with Crippen molar-refractivity contribution in [3.8, 4) is 0 Å². The predicted octanol–water partition coefficient (Wildman–Crippen LogP) is -0.586. The summed E-state index contributed by atoms with van der Waals surface area (Å²) in [5, 5.41) is 14.6. The van der Waals surface area contributed by atoms with E-state index in [2.05, 4.69) is 10.4 Å². The SMILES string of the molecule is O=C(O)Cn1cc(N2CCC(=O)NC2=O)cn1. The summed E-state index contributed by atoms with van der Waals surface area (Å²) in [6, 6.07) is -0.517. The third-order valence-electron chi connectivity index (χ3n) is 2.28. The quantitative estimate of drug-likeness (QED) is 0.732. The number of hydrogen-bond acceptors (Lipinski definition) is 4. The van der Waals surface area contributed by atoms with Crippen LogP contribution in [0.3, 0.4) is 0 Å². The fourth-order valence-electron chi connectivity index (χ4n) is 1.53. The Balaban J connectivity index is 2.12. The molecule has 0 unspecified atom stereocenters. The van der Waals surface area contributed by atoms with Gasteiger partial charge in [-0.3, -0.25) is 24.5 Å². The second kappa shape index (κ2) is 4.24. The Labute approximate surface area is 95.8 Å². The molecule has 1 aliphatic rings. The van der Waals surface area contributed by atoms with Crippen LogP contribution in [0, 0.1) is 0 Å². The van der Waals surface area contributed by atoms with E-state index in [0.717, 1.165) is 0 Å². The van der Waals surface area contributed by atoms with Gasteiger partial charge in [-0.25, -0.2) is 4.79 Å². The highest BCUT2D eigenvalue weighted by molar-refractivity contribution is 6.05. The monoisotopic (exact) mass is 238 g/mol. The van der Waals surface area contributed by atoms with E-state index >= 15 is 0 Å². The molecule has 0 aliphatic carbocycles. The van der Waals surface area contributed by atoms with Crippen LogP contribution in [0.2, 0.25) is 0 Å². The van der Waals surface area contributed by atoms with Crippen molar-refractivity contribution >= 4 is 23.6 Å². The number of rotatable bonds is 3. The van der Waals surface area contributed by atoms with Crippen molar-refractivity contribution in [2.24, 2.45) is 0 Å². The number of imide groups is 1. The smallest absolute Gasteiger partial charge is 0.328 e. The number of carbonyl (C=O) groups excluding carboxylic acids is 2. The lowest BCUT2D eigenvalue weighted by Gasteiger charge is -2.24. The normalized spacial score (nSPS) is 15.9. The molecule has 0 aromatic carbocycles. The molecule has 0 saturated carbocycles. The molecule has 0 atom stereocenters. The molecule has 1 fully saturated rings. The van der Waals surface area contributed by atoms with Gasteiger partial charge in [0, 0.05) is 19.2 Å². The van der Waals surface area contributed by atoms with Gasteiger partial charge in [-0.15, -0.1) is 0 Å². The lowest BCUT2D eigenvalue weighted by molar-refractivity contribution is -0.137. The minimum absolute atomic E-state index is 0.218. The zero-order valence-electron chi connectivity index (χ0n) is 8.79. The number of carboxylic acids is 1. The second-order valence-electron chi connectivity index (χ2n) is 3.54. The Morgan fingerprint density at radius 1 is 1.53 bits per heavy atom. The lowest BCUT2D eigenvalue weighted by Crippen LogP contribution is -2.49. The highest BCUT2D eigenvalue weighted by Gasteiger charge is 2.25. The first-order valence-electron chi connectivity index (χ1n) is 4.92. The molecule has 3 amide bonds. The van der Waals surface area contributed by atoms with Gasteiger partial charge in [0.1, 0.15) is 6.54 Å². The maximum Gasteiger partial charge on any atom is 0.328 e. The van der Waals surface area contributed by atoms with Gasteiger partial charge in [0.15, 0.2) is 0 Å². The summed E-state index contributed by atoms with van der Waals surface area (Å²) in [4.78, 5) is 34.2. The van der Waals surface area contributed by atoms with E-state index in [9.17, 15) is 14.4 Å². The minimum atomic E-state index is -1.02. The number of urea groups is 1. The van der Waals surface area contributed by atoms with E-state index in [0.29, 0.717) is 5.69 Å². The fourth-order valence-corrected chi connectivity index (χ4v) is 1.53. The van der Waals surface area contributed by atoms with Crippen LogP contribution in [0.25, 0.3) is 0 Å². The van der Waals surface area contributed by atoms with Crippen LogP contribution in [0.1, 0.15) is 6.42 Å². The van der Waals surface area contributed by atoms with Gasteiger partial charge in [-0.1, -0.05) is 0 Å². The standard InChI is InChI=1S/C9H10N4O4/c14-7-1-2-13(9(17)11-7)6-3-10-12(4-6)5-8(15)16/h3-4H,1-2,5H2,(H,15,16)(H,11,14,17). The highest BCUT2D eigenvalue weighted by atomic mass is 16.4. The van der Waals surface area contributed by atoms with E-state index in [-0.39, 0.29) is 25.4 Å². The topological polar surface area (TPSA) is 105 Å². The van der Waals surface area contributed by atoms with Crippen molar-refractivity contribution in [3.63, 3.8) is 0 Å². The maximum absolute atomic E-state index is 11.5. The molecule has 2 heterocycles. The number of carbonyl (C=O) groups is 3. The molecule has 8 heteroatoms. The van der Waals surface area contributed by atoms with Crippen LogP contribution >= 0.6 is 0 Å². The van der Waals surface area contributed by atoms with Crippen molar-refractivity contribution in [3.05, 3.63) is 12.4 Å². The molecular weight excluding hydrogens is 228 g/mol. The van der Waals surface area contributed by atoms with Crippen molar-refractivity contribution in [2.45, 2.75) is 13.0 Å². The van der Waals surface area contributed by atoms with Gasteiger partial charge < -0.3 is 5.11 Å². The number of anilines is 1. The minimum Gasteiger partial charge on any atom is -0.480 e. The van der Waals surface area contributed by atoms with E-state index in [1.54, 1.807) is 0 Å². The summed E-state index contributed by atoms with van der Waals surface area (Å²) < 4.78 is 1.21. The molecule has 1 aromatic heterocycles. The number of hydrogen-bond donors (Lipinski definition) is 2. The third-order valence-corrected chi connectivity index (χ3v) is 2.28. The van der Waals surface area contributed by atoms with Crippen LogP contribution in [0.4, 0.5) is 10.5 Å². The van der Waals surface area contributed by atoms with Crippen LogP contribution in [-0.4, -0.2) is 39.3 Å². The summed E-state index contributed by atoms with van der Waals surface area (Å²) in [5.41, 5.74) is 0.469. The van der Waals surface area contributed by atoms with Crippen molar-refractivity contribution in [1.29, 1.82) is 0 Å². The molecule has 0 spiro atoms. The summed E-state index contributed by atoms with van der Waals surface area (Å²) in [6.45, 7) is -0.00216. The Kier molecular flexibility index (Phi) is 2.77. The molecule has 1 saturated heterocycles. The fraction of sp³-hybridized carbons (Fsp3) is 0.333. The zero-order chi connectivity index (χ0) is 12.4. The molecule has 1 aliphatic heterocycles. The number of carboxylic acid groups (broad SMARTS) is 1. The summed E-state index contributed by atoms with van der Waals surface area (Å²) in [6.07, 6.45) is 3.05. The van der Waals surface area contributed by atoms with Crippen molar-refractivity contribution in [2.75, 3.05) is 11.4 Å². The van der Waals surface area contributed by atoms with Crippen LogP contribution in [0.15, 0.2) is 12.4 Å². The molecule has 90 valence electrons. The highest BCUT2D eigenvalue weighted by Crippen LogP contribution is 2.15. The van der Waals surface area contributed by atoms with Crippen molar-refractivity contribution < 1.29 is 19.5 Å². The number of amides is 3. The van der Waals surface area contributed by atoms with Crippen molar-refractivity contribution in [1.82, 2.24) is 15.1 Å². The van der Waals surface area contributed by atoms with Crippen LogP contribution in [-0.2, 0) is 16.1 Å². The molecule has 2 N–H and O–H groups in total. The Hall–Kier alpha value is -2.38. The summed E-state index contributed by atoms with van der Waals surface area (Å²) >= 11 is 0. The molecule has 17 heavy (non-hydrogen) atoms. The van der Waals surface area contributed by atoms with Gasteiger partial charge in [0.05, 0.1) is 11.9 Å². The summed E-state index contributed by atoms with van der Waals surface area (Å²) in [5.74, 6) is -1.33. The second-order valence-corrected chi connectivity index (χ2v) is 3.54. The predicted molar refractivity (Wildman–Crippen MR) is 55.4 cm³/mol. The van der Waals surface area contributed by atoms with E-state index in [1.165, 1.54) is 22.0 Å². The zero-order valence-corrected chi connectivity index (χ0v) is 8.79. The van der Waals surface area contributed by atoms with E-state index in [4.69, 9.17) is 5.11 Å². The van der Waals surface area contributed by atoms with Crippen LogP contribution < -0.4 is 10.2 Å². The largest absolute Gasteiger partial charge is 0.480 e. The Bertz CT molecular complexity index is 481. The molecule has 8 nitrogen and oxygen atoms in total. The first kappa shape index (κ1) is 11.1. The molecule has 2 rings (SSSR count). The molecular formula is C9H10N4O4. The first-order valence-corrected chi connectivity index (χ1v) is 4.92. The van der Waals surface area contributed by atoms with Gasteiger partial charge in [-0.2, -0.15) is 5.10 Å². The molecule has 0 radical (unpaired) electrons. The van der Waals surface area contributed by atoms with Gasteiger partial charge in [0.2, 0.25) is 5.91 Å². The number of aromatic nitrogens is 2. The first-order chi connectivity index (χ1) is 8.06. The van der Waals surface area contributed by atoms with Crippen LogP contribution in [0.5, 0.6) is 0 Å². The average molecular weight is 238 g/mol. The number of nitrogens with one attached hydrogen (secondary N) is 1. The number of aliphatic carboxylic acids is 1. The summed E-state index contributed by atoms with van der Waals surface area (Å²) in [7, 11) is 0. The number of nitrogens with zero attached hydrogens (tertiary/aromatic N) is 3. The van der Waals surface area contributed by atoms with Gasteiger partial charge in [0.25, 0.3) is 0 Å². The Morgan fingerprint density at radius 3 is 2.94 bits per heavy atom. The lowest BCUT2D eigenvalue weighted by atomic mass is 10.3. The van der Waals surface area contributed by atoms with Gasteiger partial charge >= 0.3 is 12.0 Å². The van der Waals surface area contributed by atoms with Gasteiger partial charge in [-0.05, 0) is 0 Å². The molecule has 0 bridgehead atoms. The average Bonchev–Trinajstić information content (AvgIpc) is 2.65. The maximum atomic E-state index is 11.5. The van der Waals surface area contributed by atoms with E-state index in [1.807, 2.05) is 0 Å².